The summed E-state index contributed by atoms with van der Waals surface area (Å²) in [5.41, 5.74) is 7.39. The Balaban J connectivity index is 0.000000362. The summed E-state index contributed by atoms with van der Waals surface area (Å²) in [6.07, 6.45) is 0.563. The molecule has 0 saturated heterocycles. The van der Waals surface area contributed by atoms with Gasteiger partial charge in [-0.1, -0.05) is 12.1 Å². The Bertz CT molecular complexity index is 1220. The van der Waals surface area contributed by atoms with Crippen LogP contribution in [0.5, 0.6) is 0 Å². The number of aliphatic hydroxyl groups is 2. The summed E-state index contributed by atoms with van der Waals surface area (Å²) >= 11 is 2.56. The maximum Gasteiger partial charge on any atom is 0.283 e. The molecule has 0 heterocycles. The van der Waals surface area contributed by atoms with E-state index in [-0.39, 0.29) is 36.8 Å². The molecule has 0 fully saturated rings. The van der Waals surface area contributed by atoms with E-state index >= 15 is 0 Å². The van der Waals surface area contributed by atoms with Gasteiger partial charge in [0, 0.05) is 16.6 Å². The molecule has 2 aromatic carbocycles. The van der Waals surface area contributed by atoms with Crippen molar-refractivity contribution in [3.05, 3.63) is 57.6 Å². The quantitative estimate of drug-likeness (QED) is 0.0571. The van der Waals surface area contributed by atoms with Gasteiger partial charge in [-0.05, 0) is 53.7 Å². The highest BCUT2D eigenvalue weighted by atomic mass is 32.2. The number of benzene rings is 2. The Labute approximate surface area is 217 Å². The summed E-state index contributed by atoms with van der Waals surface area (Å²) in [6, 6.07) is 9.61. The predicted molar refractivity (Wildman–Crippen MR) is 139 cm³/mol. The van der Waals surface area contributed by atoms with E-state index in [1.54, 1.807) is 24.3 Å². The Hall–Kier alpha value is -1.92. The van der Waals surface area contributed by atoms with Gasteiger partial charge in [0.2, 0.25) is 0 Å². The number of nitrogen functional groups attached to an aromatic ring is 1. The molecule has 2 rings (SSSR count). The molecule has 0 atom stereocenters. The van der Waals surface area contributed by atoms with Crippen LogP contribution in [0.2, 0.25) is 0 Å². The van der Waals surface area contributed by atoms with Crippen molar-refractivity contribution in [3.8, 4) is 0 Å². The zero-order valence-corrected chi connectivity index (χ0v) is 22.3. The van der Waals surface area contributed by atoms with E-state index < -0.39 is 25.2 Å². The van der Waals surface area contributed by atoms with Crippen LogP contribution in [0, 0.1) is 10.1 Å². The number of hydrogen-bond acceptors (Lipinski definition) is 11. The van der Waals surface area contributed by atoms with Gasteiger partial charge in [-0.15, -0.1) is 23.5 Å². The zero-order chi connectivity index (χ0) is 27.4. The molecule has 16 heteroatoms. The van der Waals surface area contributed by atoms with Crippen molar-refractivity contribution in [1.29, 1.82) is 0 Å². The number of rotatable bonds is 13. The topological polar surface area (TPSA) is 218 Å². The van der Waals surface area contributed by atoms with Crippen molar-refractivity contribution < 1.29 is 41.1 Å². The Morgan fingerprint density at radius 2 is 1.25 bits per heavy atom. The standard InChI is InChI=1S/C10H13NO6S2.C10H15NO4S2/c12-7-8-2-3-10(9(6-8)11(13)14)18-4-1-5-19(15,16)17;11-9-6-8(7-12)2-3-10(9)16-4-1-5-17(13,14)15/h2-3,6,12H,1,4-5,7H2,(H,15,16,17);2-3,6,12H,1,4-5,7,11H2,(H,13,14,15). The molecule has 0 aromatic heterocycles. The van der Waals surface area contributed by atoms with Crippen molar-refractivity contribution in [2.24, 2.45) is 0 Å². The maximum atomic E-state index is 10.9. The fraction of sp³-hybridized carbons (Fsp3) is 0.400. The minimum absolute atomic E-state index is 0.0576. The van der Waals surface area contributed by atoms with Gasteiger partial charge in [0.25, 0.3) is 25.9 Å². The van der Waals surface area contributed by atoms with Crippen LogP contribution >= 0.6 is 23.5 Å². The molecule has 0 spiro atoms. The molecule has 0 radical (unpaired) electrons. The van der Waals surface area contributed by atoms with E-state index in [1.807, 2.05) is 0 Å². The maximum absolute atomic E-state index is 10.9. The molecule has 0 unspecified atom stereocenters. The minimum Gasteiger partial charge on any atom is -0.398 e. The highest BCUT2D eigenvalue weighted by Gasteiger charge is 2.15. The number of nitrogens with zero attached hydrogens (tertiary/aromatic N) is 1. The molecule has 36 heavy (non-hydrogen) atoms. The summed E-state index contributed by atoms with van der Waals surface area (Å²) in [6.45, 7) is -0.341. The average Bonchev–Trinajstić information content (AvgIpc) is 2.79. The molecule has 0 aliphatic rings. The molecule has 0 aliphatic carbocycles. The SMILES string of the molecule is Nc1cc(CO)ccc1SCCCS(=O)(=O)O.O=[N+]([O-])c1cc(CO)ccc1SCCCS(=O)(=O)O. The Morgan fingerprint density at radius 1 is 0.806 bits per heavy atom. The van der Waals surface area contributed by atoms with Gasteiger partial charge in [-0.25, -0.2) is 0 Å². The molecule has 0 bridgehead atoms. The molecule has 12 nitrogen and oxygen atoms in total. The van der Waals surface area contributed by atoms with E-state index in [1.165, 1.54) is 23.9 Å². The van der Waals surface area contributed by atoms with Gasteiger partial charge < -0.3 is 15.9 Å². The van der Waals surface area contributed by atoms with Crippen LogP contribution in [-0.2, 0) is 33.5 Å². The summed E-state index contributed by atoms with van der Waals surface area (Å²) in [5, 5.41) is 28.7. The number of thioether (sulfide) groups is 2. The third kappa shape index (κ3) is 13.4. The minimum atomic E-state index is -4.00. The molecule has 0 amide bonds. The molecule has 0 saturated carbocycles. The molecular weight excluding hydrogens is 556 g/mol. The number of nitro benzene ring substituents is 1. The van der Waals surface area contributed by atoms with Crippen molar-refractivity contribution in [1.82, 2.24) is 0 Å². The number of anilines is 1. The van der Waals surface area contributed by atoms with Crippen LogP contribution in [-0.4, -0.2) is 64.1 Å². The number of nitrogens with two attached hydrogens (primary N) is 1. The summed E-state index contributed by atoms with van der Waals surface area (Å²) in [5.74, 6) is 0.277. The van der Waals surface area contributed by atoms with Crippen molar-refractivity contribution >= 4 is 55.1 Å². The van der Waals surface area contributed by atoms with Crippen LogP contribution in [0.4, 0.5) is 11.4 Å². The summed E-state index contributed by atoms with van der Waals surface area (Å²) < 4.78 is 59.1. The molecule has 202 valence electrons. The lowest BCUT2D eigenvalue weighted by Gasteiger charge is -2.06. The number of hydrogen-bond donors (Lipinski definition) is 5. The summed E-state index contributed by atoms with van der Waals surface area (Å²) in [7, 11) is -7.87. The largest absolute Gasteiger partial charge is 0.398 e. The predicted octanol–water partition coefficient (Wildman–Crippen LogP) is 2.59. The van der Waals surface area contributed by atoms with Crippen LogP contribution in [0.1, 0.15) is 24.0 Å². The van der Waals surface area contributed by atoms with Gasteiger partial charge in [0.05, 0.1) is 34.5 Å². The second-order valence-corrected chi connectivity index (χ2v) is 12.6. The first kappa shape index (κ1) is 32.1. The van der Waals surface area contributed by atoms with Crippen LogP contribution in [0.25, 0.3) is 0 Å². The highest BCUT2D eigenvalue weighted by molar-refractivity contribution is 7.99. The highest BCUT2D eigenvalue weighted by Crippen LogP contribution is 2.30. The first-order valence-corrected chi connectivity index (χ1v) is 15.5. The van der Waals surface area contributed by atoms with Gasteiger partial charge in [0.15, 0.2) is 0 Å². The first-order chi connectivity index (χ1) is 16.8. The van der Waals surface area contributed by atoms with Crippen LogP contribution < -0.4 is 5.73 Å². The van der Waals surface area contributed by atoms with Crippen LogP contribution in [0.3, 0.4) is 0 Å². The van der Waals surface area contributed by atoms with E-state index in [2.05, 4.69) is 0 Å². The lowest BCUT2D eigenvalue weighted by molar-refractivity contribution is -0.387. The molecular formula is C20H28N2O10S4. The lowest BCUT2D eigenvalue weighted by atomic mass is 10.2. The Kier molecular flexibility index (Phi) is 13.7. The third-order valence-corrected chi connectivity index (χ3v) is 8.20. The average molecular weight is 585 g/mol. The van der Waals surface area contributed by atoms with E-state index in [0.29, 0.717) is 34.1 Å². The normalized spacial score (nSPS) is 11.6. The van der Waals surface area contributed by atoms with Gasteiger partial charge in [-0.2, -0.15) is 16.8 Å². The first-order valence-electron chi connectivity index (χ1n) is 10.3. The van der Waals surface area contributed by atoms with Gasteiger partial charge >= 0.3 is 0 Å². The van der Waals surface area contributed by atoms with Crippen LogP contribution in [0.15, 0.2) is 46.2 Å². The van der Waals surface area contributed by atoms with E-state index in [4.69, 9.17) is 25.1 Å². The summed E-state index contributed by atoms with van der Waals surface area (Å²) in [4.78, 5) is 11.6. The molecule has 6 N–H and O–H groups in total. The lowest BCUT2D eigenvalue weighted by Crippen LogP contribution is -2.04. The number of aliphatic hydroxyl groups excluding tert-OH is 2. The smallest absolute Gasteiger partial charge is 0.283 e. The Morgan fingerprint density at radius 3 is 1.67 bits per heavy atom. The van der Waals surface area contributed by atoms with Crippen molar-refractivity contribution in [3.63, 3.8) is 0 Å². The fourth-order valence-electron chi connectivity index (χ4n) is 2.60. The van der Waals surface area contributed by atoms with Crippen molar-refractivity contribution in [2.75, 3.05) is 28.7 Å². The van der Waals surface area contributed by atoms with Gasteiger partial charge in [0.1, 0.15) is 0 Å². The van der Waals surface area contributed by atoms with E-state index in [9.17, 15) is 26.9 Å². The van der Waals surface area contributed by atoms with E-state index in [0.717, 1.165) is 22.2 Å². The third-order valence-electron chi connectivity index (χ3n) is 4.27. The second kappa shape index (κ2) is 15.4. The molecule has 2 aromatic rings. The fourth-order valence-corrected chi connectivity index (χ4v) is 5.84. The van der Waals surface area contributed by atoms with Gasteiger partial charge in [-0.3, -0.25) is 19.2 Å². The zero-order valence-electron chi connectivity index (χ0n) is 19.0. The monoisotopic (exact) mass is 584 g/mol. The van der Waals surface area contributed by atoms with Crippen molar-refractivity contribution in [2.45, 2.75) is 35.8 Å². The second-order valence-electron chi connectivity index (χ2n) is 7.22. The molecule has 0 aliphatic heterocycles. The number of nitro groups is 1.